The standard InChI is InChI=1S/C14H22FN3/c1-11-6-7-13(15)12(10-11)8-9-16-14(17(2)3)18(4)5/h6-7,10H,8-9H2,1-5H3. The van der Waals surface area contributed by atoms with Crippen LogP contribution >= 0.6 is 0 Å². The number of hydrogen-bond donors (Lipinski definition) is 0. The van der Waals surface area contributed by atoms with Crippen LogP contribution in [0.1, 0.15) is 11.1 Å². The molecule has 0 aromatic heterocycles. The second kappa shape index (κ2) is 6.38. The van der Waals surface area contributed by atoms with Crippen molar-refractivity contribution in [2.75, 3.05) is 34.7 Å². The summed E-state index contributed by atoms with van der Waals surface area (Å²) in [5.41, 5.74) is 1.81. The summed E-state index contributed by atoms with van der Waals surface area (Å²) in [4.78, 5) is 8.39. The van der Waals surface area contributed by atoms with E-state index in [9.17, 15) is 4.39 Å². The van der Waals surface area contributed by atoms with Crippen LogP contribution in [0, 0.1) is 12.7 Å². The van der Waals surface area contributed by atoms with Crippen LogP contribution in [-0.4, -0.2) is 50.5 Å². The van der Waals surface area contributed by atoms with Gasteiger partial charge in [-0.1, -0.05) is 17.7 Å². The minimum atomic E-state index is -0.146. The molecular formula is C14H22FN3. The lowest BCUT2D eigenvalue weighted by Crippen LogP contribution is -2.35. The molecule has 0 amide bonds. The molecular weight excluding hydrogens is 229 g/mol. The molecule has 4 heteroatoms. The molecule has 0 unspecified atom stereocenters. The van der Waals surface area contributed by atoms with Crippen LogP contribution < -0.4 is 0 Å². The topological polar surface area (TPSA) is 18.8 Å². The van der Waals surface area contributed by atoms with Gasteiger partial charge in [-0.3, -0.25) is 4.99 Å². The molecule has 0 atom stereocenters. The Morgan fingerprint density at radius 1 is 1.17 bits per heavy atom. The molecule has 1 rings (SSSR count). The fraction of sp³-hybridized carbons (Fsp3) is 0.500. The van der Waals surface area contributed by atoms with E-state index in [1.54, 1.807) is 6.07 Å². The number of guanidine groups is 1. The van der Waals surface area contributed by atoms with Gasteiger partial charge >= 0.3 is 0 Å². The molecule has 0 N–H and O–H groups in total. The quantitative estimate of drug-likeness (QED) is 0.605. The Morgan fingerprint density at radius 3 is 2.33 bits per heavy atom. The first-order valence-electron chi connectivity index (χ1n) is 6.06. The summed E-state index contributed by atoms with van der Waals surface area (Å²) in [6.45, 7) is 2.56. The van der Waals surface area contributed by atoms with Crippen molar-refractivity contribution in [3.05, 3.63) is 35.1 Å². The predicted molar refractivity (Wildman–Crippen MR) is 74.5 cm³/mol. The van der Waals surface area contributed by atoms with E-state index in [2.05, 4.69) is 4.99 Å². The summed E-state index contributed by atoms with van der Waals surface area (Å²) in [7, 11) is 7.80. The van der Waals surface area contributed by atoms with E-state index >= 15 is 0 Å². The van der Waals surface area contributed by atoms with Crippen molar-refractivity contribution in [3.63, 3.8) is 0 Å². The number of benzene rings is 1. The first-order valence-corrected chi connectivity index (χ1v) is 6.06. The third-order valence-electron chi connectivity index (χ3n) is 2.64. The summed E-state index contributed by atoms with van der Waals surface area (Å²) in [6, 6.07) is 5.19. The van der Waals surface area contributed by atoms with E-state index in [4.69, 9.17) is 0 Å². The zero-order chi connectivity index (χ0) is 13.7. The van der Waals surface area contributed by atoms with Gasteiger partial charge in [0.25, 0.3) is 0 Å². The Bertz CT molecular complexity index is 415. The fourth-order valence-corrected chi connectivity index (χ4v) is 1.85. The van der Waals surface area contributed by atoms with Gasteiger partial charge in [0.2, 0.25) is 0 Å². The van der Waals surface area contributed by atoms with Crippen LogP contribution in [0.4, 0.5) is 4.39 Å². The lowest BCUT2D eigenvalue weighted by atomic mass is 10.1. The van der Waals surface area contributed by atoms with Gasteiger partial charge < -0.3 is 9.80 Å². The van der Waals surface area contributed by atoms with Crippen LogP contribution in [0.25, 0.3) is 0 Å². The van der Waals surface area contributed by atoms with Gasteiger partial charge in [0.05, 0.1) is 0 Å². The molecule has 0 spiro atoms. The van der Waals surface area contributed by atoms with Gasteiger partial charge in [0.1, 0.15) is 5.82 Å². The number of nitrogens with zero attached hydrogens (tertiary/aromatic N) is 3. The maximum atomic E-state index is 13.5. The Hall–Kier alpha value is -1.58. The lowest BCUT2D eigenvalue weighted by Gasteiger charge is -2.22. The molecule has 1 aromatic rings. The number of halogens is 1. The van der Waals surface area contributed by atoms with Crippen LogP contribution in [0.15, 0.2) is 23.2 Å². The second-order valence-corrected chi connectivity index (χ2v) is 4.82. The van der Waals surface area contributed by atoms with E-state index in [0.29, 0.717) is 13.0 Å². The highest BCUT2D eigenvalue weighted by atomic mass is 19.1. The molecule has 0 fully saturated rings. The third-order valence-corrected chi connectivity index (χ3v) is 2.64. The minimum absolute atomic E-state index is 0.146. The van der Waals surface area contributed by atoms with Crippen LogP contribution in [0.3, 0.4) is 0 Å². The van der Waals surface area contributed by atoms with E-state index < -0.39 is 0 Å². The van der Waals surface area contributed by atoms with Gasteiger partial charge in [0, 0.05) is 34.7 Å². The lowest BCUT2D eigenvalue weighted by molar-refractivity contribution is 0.479. The molecule has 0 saturated heterocycles. The third kappa shape index (κ3) is 4.02. The molecule has 0 bridgehead atoms. The van der Waals surface area contributed by atoms with Gasteiger partial charge in [-0.15, -0.1) is 0 Å². The molecule has 0 aliphatic carbocycles. The largest absolute Gasteiger partial charge is 0.349 e. The van der Waals surface area contributed by atoms with Crippen LogP contribution in [-0.2, 0) is 6.42 Å². The highest BCUT2D eigenvalue weighted by Crippen LogP contribution is 2.10. The first-order chi connectivity index (χ1) is 8.41. The fourth-order valence-electron chi connectivity index (χ4n) is 1.85. The molecule has 3 nitrogen and oxygen atoms in total. The summed E-state index contributed by atoms with van der Waals surface area (Å²) < 4.78 is 13.5. The average Bonchev–Trinajstić information content (AvgIpc) is 2.27. The maximum absolute atomic E-state index is 13.5. The Kier molecular flexibility index (Phi) is 5.13. The Morgan fingerprint density at radius 2 is 1.78 bits per heavy atom. The summed E-state index contributed by atoms with van der Waals surface area (Å²) in [5.74, 6) is 0.745. The smallest absolute Gasteiger partial charge is 0.195 e. The van der Waals surface area contributed by atoms with Crippen LogP contribution in [0.5, 0.6) is 0 Å². The monoisotopic (exact) mass is 251 g/mol. The number of aliphatic imine (C=N–C) groups is 1. The maximum Gasteiger partial charge on any atom is 0.195 e. The summed E-state index contributed by atoms with van der Waals surface area (Å²) in [6.07, 6.45) is 0.624. The number of rotatable bonds is 3. The van der Waals surface area contributed by atoms with E-state index in [1.807, 2.05) is 51.0 Å². The Labute approximate surface area is 109 Å². The van der Waals surface area contributed by atoms with Crippen molar-refractivity contribution in [3.8, 4) is 0 Å². The zero-order valence-corrected chi connectivity index (χ0v) is 11.9. The van der Waals surface area contributed by atoms with Gasteiger partial charge in [0.15, 0.2) is 5.96 Å². The van der Waals surface area contributed by atoms with Gasteiger partial charge in [-0.2, -0.15) is 0 Å². The van der Waals surface area contributed by atoms with Crippen molar-refractivity contribution in [2.45, 2.75) is 13.3 Å². The van der Waals surface area contributed by atoms with E-state index in [-0.39, 0.29) is 5.82 Å². The van der Waals surface area contributed by atoms with E-state index in [1.165, 1.54) is 6.07 Å². The molecule has 100 valence electrons. The molecule has 0 saturated carbocycles. The Balaban J connectivity index is 2.70. The SMILES string of the molecule is Cc1ccc(F)c(CCN=C(N(C)C)N(C)C)c1. The molecule has 18 heavy (non-hydrogen) atoms. The molecule has 0 radical (unpaired) electrons. The normalized spacial score (nSPS) is 10.1. The second-order valence-electron chi connectivity index (χ2n) is 4.82. The molecule has 1 aromatic carbocycles. The highest BCUT2D eigenvalue weighted by molar-refractivity contribution is 5.79. The zero-order valence-electron chi connectivity index (χ0n) is 11.9. The summed E-state index contributed by atoms with van der Waals surface area (Å²) in [5, 5.41) is 0. The van der Waals surface area contributed by atoms with Crippen LogP contribution in [0.2, 0.25) is 0 Å². The number of aryl methyl sites for hydroxylation is 1. The highest BCUT2D eigenvalue weighted by Gasteiger charge is 2.05. The molecule has 0 aliphatic rings. The number of hydrogen-bond acceptors (Lipinski definition) is 1. The van der Waals surface area contributed by atoms with E-state index in [0.717, 1.165) is 17.1 Å². The van der Waals surface area contributed by atoms with Crippen molar-refractivity contribution in [1.82, 2.24) is 9.80 Å². The molecule has 0 heterocycles. The first kappa shape index (κ1) is 14.5. The van der Waals surface area contributed by atoms with Crippen molar-refractivity contribution < 1.29 is 4.39 Å². The van der Waals surface area contributed by atoms with Crippen molar-refractivity contribution in [2.24, 2.45) is 4.99 Å². The van der Waals surface area contributed by atoms with Crippen molar-refractivity contribution >= 4 is 5.96 Å². The average molecular weight is 251 g/mol. The minimum Gasteiger partial charge on any atom is -0.349 e. The predicted octanol–water partition coefficient (Wildman–Crippen LogP) is 2.16. The van der Waals surface area contributed by atoms with Gasteiger partial charge in [-0.05, 0) is 25.0 Å². The summed E-state index contributed by atoms with van der Waals surface area (Å²) >= 11 is 0. The molecule has 0 aliphatic heterocycles. The van der Waals surface area contributed by atoms with Crippen molar-refractivity contribution in [1.29, 1.82) is 0 Å². The van der Waals surface area contributed by atoms with Gasteiger partial charge in [-0.25, -0.2) is 4.39 Å².